The summed E-state index contributed by atoms with van der Waals surface area (Å²) in [5.41, 5.74) is 1.83. The van der Waals surface area contributed by atoms with Crippen molar-refractivity contribution in [1.82, 2.24) is 4.90 Å². The molecule has 6 nitrogen and oxygen atoms in total. The smallest absolute Gasteiger partial charge is 0.244 e. The molecule has 0 spiro atoms. The van der Waals surface area contributed by atoms with Crippen LogP contribution in [-0.4, -0.2) is 55.4 Å². The summed E-state index contributed by atoms with van der Waals surface area (Å²) >= 11 is 0. The van der Waals surface area contributed by atoms with Crippen LogP contribution in [0.2, 0.25) is 0 Å². The van der Waals surface area contributed by atoms with Crippen LogP contribution in [0.5, 0.6) is 5.75 Å². The van der Waals surface area contributed by atoms with Crippen molar-refractivity contribution in [2.75, 3.05) is 32.8 Å². The van der Waals surface area contributed by atoms with E-state index in [1.807, 2.05) is 54.6 Å². The van der Waals surface area contributed by atoms with Crippen molar-refractivity contribution in [2.45, 2.75) is 12.7 Å². The van der Waals surface area contributed by atoms with E-state index in [0.717, 1.165) is 30.0 Å². The number of carbonyl (C=O) groups is 2. The largest absolute Gasteiger partial charge is 0.489 e. The maximum Gasteiger partial charge on any atom is 0.244 e. The van der Waals surface area contributed by atoms with Crippen LogP contribution in [0.4, 0.5) is 0 Å². The van der Waals surface area contributed by atoms with Gasteiger partial charge in [0.2, 0.25) is 11.6 Å². The fourth-order valence-corrected chi connectivity index (χ4v) is 3.34. The predicted molar refractivity (Wildman–Crippen MR) is 107 cm³/mol. The molecule has 0 amide bonds. The van der Waals surface area contributed by atoms with E-state index in [1.165, 1.54) is 6.08 Å². The second-order valence-electron chi connectivity index (χ2n) is 7.06. The average Bonchev–Trinajstić information content (AvgIpc) is 2.77. The first kappa shape index (κ1) is 19.4. The number of Topliss-reactive ketones (excluding diaryl/α,β-unsaturated/α-hetero) is 1. The summed E-state index contributed by atoms with van der Waals surface area (Å²) in [6.45, 7) is 3.59. The van der Waals surface area contributed by atoms with E-state index in [2.05, 4.69) is 4.90 Å². The number of rotatable bonds is 6. The molecule has 29 heavy (non-hydrogen) atoms. The first-order valence-corrected chi connectivity index (χ1v) is 9.73. The van der Waals surface area contributed by atoms with Crippen molar-refractivity contribution in [3.63, 3.8) is 0 Å². The summed E-state index contributed by atoms with van der Waals surface area (Å²) in [6.07, 6.45) is 0.493. The summed E-state index contributed by atoms with van der Waals surface area (Å²) in [7, 11) is 0. The van der Waals surface area contributed by atoms with Crippen LogP contribution in [0.1, 0.15) is 11.1 Å². The van der Waals surface area contributed by atoms with Crippen LogP contribution in [-0.2, 0) is 25.7 Å². The van der Waals surface area contributed by atoms with Gasteiger partial charge in [-0.1, -0.05) is 30.3 Å². The molecule has 1 fully saturated rings. The van der Waals surface area contributed by atoms with E-state index >= 15 is 0 Å². The maximum absolute atomic E-state index is 12.3. The molecule has 2 heterocycles. The van der Waals surface area contributed by atoms with Crippen LogP contribution in [0.3, 0.4) is 0 Å². The molecule has 2 aromatic rings. The molecule has 0 aromatic heterocycles. The van der Waals surface area contributed by atoms with Gasteiger partial charge in [-0.3, -0.25) is 14.5 Å². The van der Waals surface area contributed by atoms with Gasteiger partial charge in [0.25, 0.3) is 0 Å². The van der Waals surface area contributed by atoms with Gasteiger partial charge in [-0.15, -0.1) is 0 Å². The van der Waals surface area contributed by atoms with Crippen LogP contribution < -0.4 is 4.74 Å². The highest BCUT2D eigenvalue weighted by atomic mass is 16.5. The molecule has 6 heteroatoms. The Kier molecular flexibility index (Phi) is 6.03. The highest BCUT2D eigenvalue weighted by Gasteiger charge is 2.33. The monoisotopic (exact) mass is 393 g/mol. The van der Waals surface area contributed by atoms with Crippen molar-refractivity contribution in [2.24, 2.45) is 0 Å². The van der Waals surface area contributed by atoms with Crippen molar-refractivity contribution >= 4 is 17.3 Å². The van der Waals surface area contributed by atoms with Gasteiger partial charge < -0.3 is 14.2 Å². The lowest BCUT2D eigenvalue weighted by atomic mass is 10.0. The van der Waals surface area contributed by atoms with Gasteiger partial charge in [0.1, 0.15) is 18.1 Å². The summed E-state index contributed by atoms with van der Waals surface area (Å²) < 4.78 is 17.0. The molecular weight excluding hydrogens is 370 g/mol. The Morgan fingerprint density at radius 1 is 0.966 bits per heavy atom. The molecule has 0 N–H and O–H groups in total. The standard InChI is InChI=1S/C23H23NO5/c25-20-14-21(29-22(23(20)26)15-24-10-12-27-13-11-24)18-6-8-19(9-7-18)28-16-17-4-2-1-3-5-17/h1-9,14,22H,10-13,15-16H2. The highest BCUT2D eigenvalue weighted by Crippen LogP contribution is 2.25. The third-order valence-corrected chi connectivity index (χ3v) is 4.98. The number of ketones is 2. The lowest BCUT2D eigenvalue weighted by Crippen LogP contribution is -2.46. The molecule has 0 radical (unpaired) electrons. The van der Waals surface area contributed by atoms with Gasteiger partial charge in [0.05, 0.1) is 13.2 Å². The molecule has 0 aliphatic carbocycles. The summed E-state index contributed by atoms with van der Waals surface area (Å²) in [5.74, 6) is 0.126. The number of allylic oxidation sites excluding steroid dienone is 1. The van der Waals surface area contributed by atoms with E-state index in [-0.39, 0.29) is 0 Å². The third kappa shape index (κ3) is 4.91. The molecule has 2 aliphatic rings. The number of hydrogen-bond donors (Lipinski definition) is 0. The van der Waals surface area contributed by atoms with Gasteiger partial charge in [0, 0.05) is 31.3 Å². The van der Waals surface area contributed by atoms with Gasteiger partial charge in [0.15, 0.2) is 6.10 Å². The van der Waals surface area contributed by atoms with Crippen molar-refractivity contribution in [1.29, 1.82) is 0 Å². The fraction of sp³-hybridized carbons (Fsp3) is 0.304. The molecule has 1 atom stereocenters. The van der Waals surface area contributed by atoms with Gasteiger partial charge in [-0.05, 0) is 29.8 Å². The zero-order chi connectivity index (χ0) is 20.1. The lowest BCUT2D eigenvalue weighted by molar-refractivity contribution is -0.141. The molecule has 0 saturated carbocycles. The quantitative estimate of drug-likeness (QED) is 0.703. The van der Waals surface area contributed by atoms with Crippen molar-refractivity contribution < 1.29 is 23.8 Å². The molecular formula is C23H23NO5. The zero-order valence-electron chi connectivity index (χ0n) is 16.1. The molecule has 1 unspecified atom stereocenters. The summed E-state index contributed by atoms with van der Waals surface area (Å²) in [5, 5.41) is 0. The Labute approximate surface area is 169 Å². The number of morpholine rings is 1. The van der Waals surface area contributed by atoms with Crippen molar-refractivity contribution in [3.05, 3.63) is 71.8 Å². The minimum Gasteiger partial charge on any atom is -0.489 e. The van der Waals surface area contributed by atoms with Gasteiger partial charge >= 0.3 is 0 Å². The Morgan fingerprint density at radius 3 is 2.41 bits per heavy atom. The first-order valence-electron chi connectivity index (χ1n) is 9.73. The number of ether oxygens (including phenoxy) is 3. The second-order valence-corrected chi connectivity index (χ2v) is 7.06. The minimum atomic E-state index is -0.783. The van der Waals surface area contributed by atoms with Gasteiger partial charge in [-0.2, -0.15) is 0 Å². The molecule has 1 saturated heterocycles. The number of nitrogens with zero attached hydrogens (tertiary/aromatic N) is 1. The van der Waals surface area contributed by atoms with E-state index in [1.54, 1.807) is 0 Å². The van der Waals surface area contributed by atoms with Crippen LogP contribution in [0.15, 0.2) is 60.7 Å². The van der Waals surface area contributed by atoms with E-state index in [0.29, 0.717) is 32.1 Å². The zero-order valence-corrected chi connectivity index (χ0v) is 16.1. The second kappa shape index (κ2) is 9.03. The first-order chi connectivity index (χ1) is 14.2. The Hall–Kier alpha value is -2.96. The topological polar surface area (TPSA) is 65.1 Å². The molecule has 2 aromatic carbocycles. The highest BCUT2D eigenvalue weighted by molar-refractivity contribution is 6.45. The fourth-order valence-electron chi connectivity index (χ4n) is 3.34. The lowest BCUT2D eigenvalue weighted by Gasteiger charge is -2.31. The molecule has 2 aliphatic heterocycles. The van der Waals surface area contributed by atoms with Gasteiger partial charge in [-0.25, -0.2) is 0 Å². The summed E-state index contributed by atoms with van der Waals surface area (Å²) in [4.78, 5) is 26.5. The molecule has 0 bridgehead atoms. The summed E-state index contributed by atoms with van der Waals surface area (Å²) in [6, 6.07) is 17.3. The number of hydrogen-bond acceptors (Lipinski definition) is 6. The number of carbonyl (C=O) groups excluding carboxylic acids is 2. The predicted octanol–water partition coefficient (Wildman–Crippen LogP) is 2.48. The molecule has 150 valence electrons. The number of benzene rings is 2. The van der Waals surface area contributed by atoms with Crippen LogP contribution in [0, 0.1) is 0 Å². The van der Waals surface area contributed by atoms with E-state index in [4.69, 9.17) is 14.2 Å². The molecule has 4 rings (SSSR count). The third-order valence-electron chi connectivity index (χ3n) is 4.98. The maximum atomic E-state index is 12.3. The van der Waals surface area contributed by atoms with Crippen molar-refractivity contribution in [3.8, 4) is 5.75 Å². The SMILES string of the molecule is O=C1C=C(c2ccc(OCc3ccccc3)cc2)OC(CN2CCOCC2)C1=O. The van der Waals surface area contributed by atoms with E-state index in [9.17, 15) is 9.59 Å². The average molecular weight is 393 g/mol. The van der Waals surface area contributed by atoms with Crippen LogP contribution in [0.25, 0.3) is 5.76 Å². The minimum absolute atomic E-state index is 0.392. The normalized spacial score (nSPS) is 20.1. The van der Waals surface area contributed by atoms with E-state index < -0.39 is 17.7 Å². The van der Waals surface area contributed by atoms with Crippen LogP contribution >= 0.6 is 0 Å². The Balaban J connectivity index is 1.40. The Bertz CT molecular complexity index is 885. The Morgan fingerprint density at radius 2 is 1.69 bits per heavy atom.